The lowest BCUT2D eigenvalue weighted by Crippen LogP contribution is -2.61. The third-order valence-electron chi connectivity index (χ3n) is 3.14. The van der Waals surface area contributed by atoms with Crippen LogP contribution in [0.4, 0.5) is 5.69 Å². The Labute approximate surface area is 111 Å². The highest BCUT2D eigenvalue weighted by Gasteiger charge is 2.40. The molecular weight excluding hydrogens is 248 g/mol. The second kappa shape index (κ2) is 4.62. The van der Waals surface area contributed by atoms with E-state index < -0.39 is 5.60 Å². The number of carbonyl (C=O) groups excluding carboxylic acids is 1. The molecular formula is C13H18N2O4. The van der Waals surface area contributed by atoms with Crippen molar-refractivity contribution in [1.82, 2.24) is 4.90 Å². The van der Waals surface area contributed by atoms with Crippen molar-refractivity contribution in [1.29, 1.82) is 0 Å². The van der Waals surface area contributed by atoms with Crippen LogP contribution in [0.1, 0.15) is 17.3 Å². The summed E-state index contributed by atoms with van der Waals surface area (Å²) >= 11 is 0. The Hall–Kier alpha value is -1.95. The fourth-order valence-corrected chi connectivity index (χ4v) is 2.17. The second-order valence-electron chi connectivity index (χ2n) is 4.95. The van der Waals surface area contributed by atoms with Crippen LogP contribution in [0.15, 0.2) is 12.1 Å². The number of β-amino-alcohol motifs (C(OH)–C–C–N with tert-alkyl or cyclic N) is 1. The van der Waals surface area contributed by atoms with Gasteiger partial charge in [0.1, 0.15) is 0 Å². The highest BCUT2D eigenvalue weighted by atomic mass is 16.5. The Morgan fingerprint density at radius 1 is 1.32 bits per heavy atom. The molecule has 6 heteroatoms. The highest BCUT2D eigenvalue weighted by Crippen LogP contribution is 2.33. The summed E-state index contributed by atoms with van der Waals surface area (Å²) in [6.07, 6.45) is 0. The van der Waals surface area contributed by atoms with Gasteiger partial charge < -0.3 is 25.2 Å². The van der Waals surface area contributed by atoms with Crippen LogP contribution in [0.3, 0.4) is 0 Å². The number of rotatable bonds is 3. The van der Waals surface area contributed by atoms with E-state index >= 15 is 0 Å². The van der Waals surface area contributed by atoms with Gasteiger partial charge in [0.25, 0.3) is 5.91 Å². The smallest absolute Gasteiger partial charge is 0.256 e. The van der Waals surface area contributed by atoms with Gasteiger partial charge in [-0.25, -0.2) is 0 Å². The monoisotopic (exact) mass is 266 g/mol. The minimum absolute atomic E-state index is 0.218. The van der Waals surface area contributed by atoms with Crippen LogP contribution < -0.4 is 15.2 Å². The Kier molecular flexibility index (Phi) is 3.28. The van der Waals surface area contributed by atoms with E-state index in [1.165, 1.54) is 19.1 Å². The van der Waals surface area contributed by atoms with Gasteiger partial charge >= 0.3 is 0 Å². The number of methoxy groups -OCH3 is 2. The molecule has 1 heterocycles. The number of likely N-dealkylation sites (tertiary alicyclic amines) is 1. The summed E-state index contributed by atoms with van der Waals surface area (Å²) in [7, 11) is 3.00. The second-order valence-corrected chi connectivity index (χ2v) is 4.95. The summed E-state index contributed by atoms with van der Waals surface area (Å²) in [5, 5.41) is 9.66. The molecule has 1 saturated heterocycles. The molecule has 1 aromatic carbocycles. The molecule has 2 rings (SSSR count). The zero-order chi connectivity index (χ0) is 14.2. The summed E-state index contributed by atoms with van der Waals surface area (Å²) in [4.78, 5) is 13.8. The lowest BCUT2D eigenvalue weighted by Gasteiger charge is -2.44. The number of benzene rings is 1. The number of ether oxygens (including phenoxy) is 2. The summed E-state index contributed by atoms with van der Waals surface area (Å²) in [5.74, 6) is 0.712. The van der Waals surface area contributed by atoms with Crippen LogP contribution in [0.25, 0.3) is 0 Å². The number of amides is 1. The first-order valence-corrected chi connectivity index (χ1v) is 5.91. The van der Waals surface area contributed by atoms with Gasteiger partial charge in [-0.1, -0.05) is 0 Å². The number of aliphatic hydroxyl groups is 1. The van der Waals surface area contributed by atoms with Crippen molar-refractivity contribution in [3.8, 4) is 11.5 Å². The maximum atomic E-state index is 12.2. The number of carbonyl (C=O) groups is 1. The van der Waals surface area contributed by atoms with Gasteiger partial charge in [0.15, 0.2) is 11.5 Å². The summed E-state index contributed by atoms with van der Waals surface area (Å²) in [6.45, 7) is 2.30. The van der Waals surface area contributed by atoms with Crippen LogP contribution in [-0.2, 0) is 0 Å². The average Bonchev–Trinajstić information content (AvgIpc) is 2.34. The van der Waals surface area contributed by atoms with Gasteiger partial charge in [-0.2, -0.15) is 0 Å². The SMILES string of the molecule is COc1cc(N)c(C(=O)N2CC(C)(O)C2)cc1OC. The molecule has 0 atom stereocenters. The van der Waals surface area contributed by atoms with E-state index in [0.717, 1.165) is 0 Å². The molecule has 1 aliphatic rings. The Balaban J connectivity index is 2.27. The molecule has 1 fully saturated rings. The Morgan fingerprint density at radius 3 is 2.32 bits per heavy atom. The van der Waals surface area contributed by atoms with Crippen LogP contribution >= 0.6 is 0 Å². The standard InChI is InChI=1S/C13H18N2O4/c1-13(17)6-15(7-13)12(16)8-4-10(18-2)11(19-3)5-9(8)14/h4-5,17H,6-7,14H2,1-3H3. The topological polar surface area (TPSA) is 85.0 Å². The Bertz CT molecular complexity index is 506. The molecule has 0 aromatic heterocycles. The molecule has 0 unspecified atom stereocenters. The van der Waals surface area contributed by atoms with Crippen molar-refractivity contribution < 1.29 is 19.4 Å². The minimum atomic E-state index is -0.805. The third kappa shape index (κ3) is 2.44. The number of nitrogens with two attached hydrogens (primary N) is 1. The number of nitrogens with zero attached hydrogens (tertiary/aromatic N) is 1. The molecule has 1 aromatic rings. The molecule has 19 heavy (non-hydrogen) atoms. The fraction of sp³-hybridized carbons (Fsp3) is 0.462. The molecule has 0 spiro atoms. The summed E-state index contributed by atoms with van der Waals surface area (Å²) in [6, 6.07) is 3.12. The van der Waals surface area contributed by atoms with Crippen molar-refractivity contribution in [2.75, 3.05) is 33.0 Å². The molecule has 6 nitrogen and oxygen atoms in total. The normalized spacial score (nSPS) is 16.7. The first-order valence-electron chi connectivity index (χ1n) is 5.91. The highest BCUT2D eigenvalue weighted by molar-refractivity contribution is 6.00. The van der Waals surface area contributed by atoms with Crippen LogP contribution in [-0.4, -0.2) is 48.8 Å². The third-order valence-corrected chi connectivity index (χ3v) is 3.14. The van der Waals surface area contributed by atoms with Gasteiger partial charge in [0, 0.05) is 11.8 Å². The van der Waals surface area contributed by atoms with Crippen molar-refractivity contribution in [2.24, 2.45) is 0 Å². The van der Waals surface area contributed by atoms with Crippen LogP contribution in [0.5, 0.6) is 11.5 Å². The van der Waals surface area contributed by atoms with E-state index in [1.807, 2.05) is 0 Å². The predicted octanol–water partition coefficient (Wildman–Crippen LogP) is 0.493. The average molecular weight is 266 g/mol. The lowest BCUT2D eigenvalue weighted by atomic mass is 9.95. The Morgan fingerprint density at radius 2 is 1.84 bits per heavy atom. The van der Waals surface area contributed by atoms with E-state index in [9.17, 15) is 9.90 Å². The minimum Gasteiger partial charge on any atom is -0.493 e. The molecule has 0 bridgehead atoms. The fourth-order valence-electron chi connectivity index (χ4n) is 2.17. The summed E-state index contributed by atoms with van der Waals surface area (Å²) < 4.78 is 10.3. The van der Waals surface area contributed by atoms with E-state index in [1.54, 1.807) is 19.1 Å². The first kappa shape index (κ1) is 13.5. The lowest BCUT2D eigenvalue weighted by molar-refractivity contribution is -0.0668. The maximum absolute atomic E-state index is 12.2. The van der Waals surface area contributed by atoms with E-state index in [-0.39, 0.29) is 5.91 Å². The molecule has 1 aliphatic heterocycles. The van der Waals surface area contributed by atoms with Crippen LogP contribution in [0.2, 0.25) is 0 Å². The molecule has 0 saturated carbocycles. The van der Waals surface area contributed by atoms with Gasteiger partial charge in [0.2, 0.25) is 0 Å². The van der Waals surface area contributed by atoms with Gasteiger partial charge in [-0.05, 0) is 13.0 Å². The molecule has 0 radical (unpaired) electrons. The first-order chi connectivity index (χ1) is 8.88. The zero-order valence-electron chi connectivity index (χ0n) is 11.3. The number of hydrogen-bond acceptors (Lipinski definition) is 5. The van der Waals surface area contributed by atoms with Crippen molar-refractivity contribution in [3.05, 3.63) is 17.7 Å². The number of nitrogen functional groups attached to an aromatic ring is 1. The molecule has 1 amide bonds. The van der Waals surface area contributed by atoms with Gasteiger partial charge in [-0.15, -0.1) is 0 Å². The van der Waals surface area contributed by atoms with E-state index in [4.69, 9.17) is 15.2 Å². The van der Waals surface area contributed by atoms with Crippen molar-refractivity contribution in [3.63, 3.8) is 0 Å². The largest absolute Gasteiger partial charge is 0.493 e. The molecule has 0 aliphatic carbocycles. The van der Waals surface area contributed by atoms with Crippen molar-refractivity contribution in [2.45, 2.75) is 12.5 Å². The van der Waals surface area contributed by atoms with E-state index in [0.29, 0.717) is 35.8 Å². The zero-order valence-corrected chi connectivity index (χ0v) is 11.3. The quantitative estimate of drug-likeness (QED) is 0.778. The van der Waals surface area contributed by atoms with Gasteiger partial charge in [0.05, 0.1) is 38.5 Å². The number of anilines is 1. The van der Waals surface area contributed by atoms with E-state index in [2.05, 4.69) is 0 Å². The molecule has 3 N–H and O–H groups in total. The molecule has 104 valence electrons. The summed E-state index contributed by atoms with van der Waals surface area (Å²) in [5.41, 5.74) is 5.74. The maximum Gasteiger partial charge on any atom is 0.256 e. The van der Waals surface area contributed by atoms with Crippen LogP contribution in [0, 0.1) is 0 Å². The number of hydrogen-bond donors (Lipinski definition) is 2. The van der Waals surface area contributed by atoms with Gasteiger partial charge in [-0.3, -0.25) is 4.79 Å². The van der Waals surface area contributed by atoms with Crippen molar-refractivity contribution >= 4 is 11.6 Å². The predicted molar refractivity (Wildman–Crippen MR) is 70.5 cm³/mol.